The Morgan fingerprint density at radius 3 is 2.54 bits per heavy atom. The van der Waals surface area contributed by atoms with Crippen molar-refractivity contribution in [2.24, 2.45) is 0 Å². The second kappa shape index (κ2) is 8.46. The molecule has 1 aliphatic heterocycles. The lowest BCUT2D eigenvalue weighted by molar-refractivity contribution is -0.122. The summed E-state index contributed by atoms with van der Waals surface area (Å²) in [6.45, 7) is 2.42. The molecule has 1 N–H and O–H groups in total. The van der Waals surface area contributed by atoms with Crippen molar-refractivity contribution in [3.63, 3.8) is 0 Å². The molecule has 0 aliphatic carbocycles. The van der Waals surface area contributed by atoms with Gasteiger partial charge in [-0.2, -0.15) is 0 Å². The molecule has 0 bridgehead atoms. The first kappa shape index (κ1) is 19.9. The monoisotopic (exact) mass is 418 g/mol. The fourth-order valence-corrected chi connectivity index (χ4v) is 3.00. The van der Waals surface area contributed by atoms with Crippen LogP contribution in [0, 0.1) is 0 Å². The van der Waals surface area contributed by atoms with Crippen molar-refractivity contribution in [1.29, 1.82) is 0 Å². The summed E-state index contributed by atoms with van der Waals surface area (Å²) in [6.07, 6.45) is 2.15. The fourth-order valence-electron chi connectivity index (χ4n) is 2.64. The van der Waals surface area contributed by atoms with Crippen LogP contribution in [0.25, 0.3) is 6.08 Å². The number of hydrogen-bond donors (Lipinski definition) is 1. The van der Waals surface area contributed by atoms with Crippen molar-refractivity contribution in [2.45, 2.75) is 13.3 Å². The van der Waals surface area contributed by atoms with E-state index in [1.54, 1.807) is 36.4 Å². The summed E-state index contributed by atoms with van der Waals surface area (Å²) in [6, 6.07) is 10.3. The molecule has 1 aliphatic rings. The SMILES string of the molecule is CCCOc1ccc(Cl)cc1/C=C1\C(=O)NC(=O)N(c2cccc(Cl)c2)C1=O. The van der Waals surface area contributed by atoms with Gasteiger partial charge in [-0.05, 0) is 48.9 Å². The van der Waals surface area contributed by atoms with Crippen LogP contribution in [0.15, 0.2) is 48.0 Å². The molecule has 0 atom stereocenters. The Kier molecular flexibility index (Phi) is 6.02. The molecule has 1 heterocycles. The Bertz CT molecular complexity index is 988. The lowest BCUT2D eigenvalue weighted by atomic mass is 10.1. The third kappa shape index (κ3) is 4.18. The van der Waals surface area contributed by atoms with Crippen LogP contribution in [-0.2, 0) is 9.59 Å². The van der Waals surface area contributed by atoms with Gasteiger partial charge < -0.3 is 4.74 Å². The van der Waals surface area contributed by atoms with E-state index >= 15 is 0 Å². The number of urea groups is 1. The van der Waals surface area contributed by atoms with Crippen LogP contribution < -0.4 is 15.0 Å². The van der Waals surface area contributed by atoms with Gasteiger partial charge in [-0.15, -0.1) is 0 Å². The normalized spacial score (nSPS) is 15.8. The summed E-state index contributed by atoms with van der Waals surface area (Å²) >= 11 is 12.0. The molecule has 0 saturated carbocycles. The molecule has 8 heteroatoms. The lowest BCUT2D eigenvalue weighted by Crippen LogP contribution is -2.54. The molecule has 28 heavy (non-hydrogen) atoms. The van der Waals surface area contributed by atoms with Crippen LogP contribution in [-0.4, -0.2) is 24.5 Å². The molecule has 144 valence electrons. The first-order valence-corrected chi connectivity index (χ1v) is 9.25. The predicted octanol–water partition coefficient (Wildman–Crippen LogP) is 4.45. The molecule has 1 fully saturated rings. The number of hydrogen-bond acceptors (Lipinski definition) is 4. The van der Waals surface area contributed by atoms with Gasteiger partial charge in [0.05, 0.1) is 12.3 Å². The summed E-state index contributed by atoms with van der Waals surface area (Å²) in [7, 11) is 0. The molecule has 2 aromatic carbocycles. The van der Waals surface area contributed by atoms with Gasteiger partial charge in [-0.25, -0.2) is 9.69 Å². The predicted molar refractivity (Wildman–Crippen MR) is 108 cm³/mol. The molecular formula is C20H16Cl2N2O4. The number of imide groups is 2. The summed E-state index contributed by atoms with van der Waals surface area (Å²) in [5, 5.41) is 2.94. The fraction of sp³-hybridized carbons (Fsp3) is 0.150. The van der Waals surface area contributed by atoms with E-state index < -0.39 is 17.8 Å². The van der Waals surface area contributed by atoms with Gasteiger partial charge in [0.15, 0.2) is 0 Å². The highest BCUT2D eigenvalue weighted by Crippen LogP contribution is 2.28. The van der Waals surface area contributed by atoms with Crippen molar-refractivity contribution in [1.82, 2.24) is 5.32 Å². The Balaban J connectivity index is 2.03. The molecular weight excluding hydrogens is 403 g/mol. The molecule has 1 saturated heterocycles. The van der Waals surface area contributed by atoms with Crippen molar-refractivity contribution < 1.29 is 19.1 Å². The first-order valence-electron chi connectivity index (χ1n) is 8.50. The van der Waals surface area contributed by atoms with E-state index in [-0.39, 0.29) is 11.3 Å². The third-order valence-electron chi connectivity index (χ3n) is 3.90. The molecule has 0 unspecified atom stereocenters. The molecule has 2 aromatic rings. The number of rotatable bonds is 5. The van der Waals surface area contributed by atoms with E-state index in [9.17, 15) is 14.4 Å². The highest BCUT2D eigenvalue weighted by Gasteiger charge is 2.37. The van der Waals surface area contributed by atoms with Crippen LogP contribution in [0.5, 0.6) is 5.75 Å². The Morgan fingerprint density at radius 1 is 1.07 bits per heavy atom. The van der Waals surface area contributed by atoms with Crippen LogP contribution in [0.4, 0.5) is 10.5 Å². The molecule has 4 amide bonds. The Hall–Kier alpha value is -2.83. The minimum Gasteiger partial charge on any atom is -0.493 e. The van der Waals surface area contributed by atoms with Crippen molar-refractivity contribution >= 4 is 52.8 Å². The van der Waals surface area contributed by atoms with Gasteiger partial charge in [0.1, 0.15) is 11.3 Å². The van der Waals surface area contributed by atoms with Crippen LogP contribution in [0.1, 0.15) is 18.9 Å². The van der Waals surface area contributed by atoms with Gasteiger partial charge >= 0.3 is 6.03 Å². The molecule has 0 aromatic heterocycles. The van der Waals surface area contributed by atoms with Gasteiger partial charge in [-0.1, -0.05) is 36.2 Å². The number of nitrogens with one attached hydrogen (secondary N) is 1. The number of carbonyl (C=O) groups excluding carboxylic acids is 3. The number of carbonyl (C=O) groups is 3. The molecule has 0 radical (unpaired) electrons. The van der Waals surface area contributed by atoms with Crippen LogP contribution in [0.3, 0.4) is 0 Å². The smallest absolute Gasteiger partial charge is 0.335 e. The third-order valence-corrected chi connectivity index (χ3v) is 4.37. The van der Waals surface area contributed by atoms with Gasteiger partial charge in [0.25, 0.3) is 11.8 Å². The van der Waals surface area contributed by atoms with E-state index in [1.807, 2.05) is 6.92 Å². The molecule has 6 nitrogen and oxygen atoms in total. The lowest BCUT2D eigenvalue weighted by Gasteiger charge is -2.26. The van der Waals surface area contributed by atoms with Crippen LogP contribution >= 0.6 is 23.2 Å². The van der Waals surface area contributed by atoms with Gasteiger partial charge in [0, 0.05) is 15.6 Å². The van der Waals surface area contributed by atoms with Crippen LogP contribution in [0.2, 0.25) is 10.0 Å². The first-order chi connectivity index (χ1) is 13.4. The zero-order valence-corrected chi connectivity index (χ0v) is 16.4. The number of barbiturate groups is 1. The number of halogens is 2. The Morgan fingerprint density at radius 2 is 1.82 bits per heavy atom. The van der Waals surface area contributed by atoms with E-state index in [1.165, 1.54) is 12.1 Å². The van der Waals surface area contributed by atoms with Crippen molar-refractivity contribution in [3.05, 3.63) is 63.6 Å². The topological polar surface area (TPSA) is 75.7 Å². The minimum absolute atomic E-state index is 0.219. The van der Waals surface area contributed by atoms with E-state index in [0.717, 1.165) is 11.3 Å². The standard InChI is InChI=1S/C20H16Cl2N2O4/c1-2-8-28-17-7-6-14(22)9-12(17)10-16-18(25)23-20(27)24(19(16)26)15-5-3-4-13(21)11-15/h3-7,9-11H,2,8H2,1H3,(H,23,25,27)/b16-10+. The number of nitrogens with zero attached hydrogens (tertiary/aromatic N) is 1. The number of benzene rings is 2. The number of anilines is 1. The van der Waals surface area contributed by atoms with Gasteiger partial charge in [-0.3, -0.25) is 14.9 Å². The Labute approximate surface area is 171 Å². The second-order valence-electron chi connectivity index (χ2n) is 5.97. The summed E-state index contributed by atoms with van der Waals surface area (Å²) < 4.78 is 5.66. The second-order valence-corrected chi connectivity index (χ2v) is 6.84. The molecule has 3 rings (SSSR count). The molecule has 0 spiro atoms. The zero-order valence-electron chi connectivity index (χ0n) is 14.9. The summed E-state index contributed by atoms with van der Waals surface area (Å²) in [4.78, 5) is 38.4. The number of ether oxygens (including phenoxy) is 1. The van der Waals surface area contributed by atoms with E-state index in [2.05, 4.69) is 5.32 Å². The summed E-state index contributed by atoms with van der Waals surface area (Å²) in [5.41, 5.74) is 0.491. The maximum absolute atomic E-state index is 12.9. The maximum Gasteiger partial charge on any atom is 0.335 e. The largest absolute Gasteiger partial charge is 0.493 e. The minimum atomic E-state index is -0.844. The highest BCUT2D eigenvalue weighted by atomic mass is 35.5. The van der Waals surface area contributed by atoms with Gasteiger partial charge in [0.2, 0.25) is 0 Å². The van der Waals surface area contributed by atoms with E-state index in [4.69, 9.17) is 27.9 Å². The van der Waals surface area contributed by atoms with Crippen molar-refractivity contribution in [2.75, 3.05) is 11.5 Å². The quantitative estimate of drug-likeness (QED) is 0.574. The average molecular weight is 419 g/mol. The average Bonchev–Trinajstić information content (AvgIpc) is 2.64. The number of amides is 4. The highest BCUT2D eigenvalue weighted by molar-refractivity contribution is 6.39. The summed E-state index contributed by atoms with van der Waals surface area (Å²) in [5.74, 6) is -1.09. The van der Waals surface area contributed by atoms with E-state index in [0.29, 0.717) is 28.0 Å². The zero-order chi connectivity index (χ0) is 20.3. The van der Waals surface area contributed by atoms with Crippen molar-refractivity contribution in [3.8, 4) is 5.75 Å². The maximum atomic E-state index is 12.9.